The third kappa shape index (κ3) is 5.39. The molecule has 0 radical (unpaired) electrons. The first-order chi connectivity index (χ1) is 14.3. The van der Waals surface area contributed by atoms with E-state index in [0.29, 0.717) is 30.9 Å². The van der Waals surface area contributed by atoms with Crippen LogP contribution in [-0.4, -0.2) is 38.3 Å². The number of halogens is 2. The molecule has 162 valence electrons. The van der Waals surface area contributed by atoms with Crippen LogP contribution in [0.5, 0.6) is 5.75 Å². The number of sulfonamides is 1. The van der Waals surface area contributed by atoms with Crippen LogP contribution in [0.4, 0.5) is 10.1 Å². The SMILES string of the molecule is CCOc1ccc(NC(=O)Cc2ccc(F)c(Br)c2)cc1S(=O)(=O)N1CCCCC1. The number of amides is 1. The summed E-state index contributed by atoms with van der Waals surface area (Å²) >= 11 is 3.10. The first-order valence-electron chi connectivity index (χ1n) is 9.82. The molecular weight excluding hydrogens is 475 g/mol. The molecule has 3 rings (SSSR count). The number of anilines is 1. The Hall–Kier alpha value is -1.97. The quantitative estimate of drug-likeness (QED) is 0.615. The third-order valence-electron chi connectivity index (χ3n) is 4.81. The van der Waals surface area contributed by atoms with Crippen molar-refractivity contribution in [3.8, 4) is 5.75 Å². The lowest BCUT2D eigenvalue weighted by Gasteiger charge is -2.27. The van der Waals surface area contributed by atoms with Crippen LogP contribution in [0.15, 0.2) is 45.8 Å². The molecule has 1 heterocycles. The predicted molar refractivity (Wildman–Crippen MR) is 117 cm³/mol. The molecule has 2 aromatic carbocycles. The van der Waals surface area contributed by atoms with Crippen molar-refractivity contribution in [1.29, 1.82) is 0 Å². The van der Waals surface area contributed by atoms with E-state index < -0.39 is 15.8 Å². The Morgan fingerprint density at radius 2 is 1.90 bits per heavy atom. The van der Waals surface area contributed by atoms with Crippen LogP contribution in [0.3, 0.4) is 0 Å². The Balaban J connectivity index is 1.82. The molecule has 0 atom stereocenters. The zero-order valence-electron chi connectivity index (χ0n) is 16.7. The Labute approximate surface area is 184 Å². The minimum absolute atomic E-state index is 0.0281. The van der Waals surface area contributed by atoms with Crippen molar-refractivity contribution in [3.63, 3.8) is 0 Å². The topological polar surface area (TPSA) is 75.7 Å². The highest BCUT2D eigenvalue weighted by Gasteiger charge is 2.29. The second kappa shape index (κ2) is 9.89. The molecule has 0 aromatic heterocycles. The molecule has 1 N–H and O–H groups in total. The number of ether oxygens (including phenoxy) is 1. The van der Waals surface area contributed by atoms with E-state index in [-0.39, 0.29) is 27.4 Å². The van der Waals surface area contributed by atoms with Crippen molar-refractivity contribution >= 4 is 37.5 Å². The lowest BCUT2D eigenvalue weighted by molar-refractivity contribution is -0.115. The molecular formula is C21H24BrFN2O4S. The lowest BCUT2D eigenvalue weighted by atomic mass is 10.1. The van der Waals surface area contributed by atoms with Gasteiger partial charge in [-0.15, -0.1) is 0 Å². The van der Waals surface area contributed by atoms with Crippen molar-refractivity contribution < 1.29 is 22.3 Å². The van der Waals surface area contributed by atoms with E-state index in [2.05, 4.69) is 21.2 Å². The molecule has 6 nitrogen and oxygen atoms in total. The maximum Gasteiger partial charge on any atom is 0.246 e. The van der Waals surface area contributed by atoms with Crippen LogP contribution in [-0.2, 0) is 21.2 Å². The molecule has 0 spiro atoms. The summed E-state index contributed by atoms with van der Waals surface area (Å²) in [4.78, 5) is 12.5. The maximum atomic E-state index is 13.4. The number of piperidine rings is 1. The Bertz CT molecular complexity index is 1020. The number of nitrogens with zero attached hydrogens (tertiary/aromatic N) is 1. The second-order valence-electron chi connectivity index (χ2n) is 7.03. The van der Waals surface area contributed by atoms with Crippen molar-refractivity contribution in [2.24, 2.45) is 0 Å². The number of carbonyl (C=O) groups is 1. The fraction of sp³-hybridized carbons (Fsp3) is 0.381. The van der Waals surface area contributed by atoms with Gasteiger partial charge in [-0.05, 0) is 71.6 Å². The van der Waals surface area contributed by atoms with Crippen molar-refractivity contribution in [2.45, 2.75) is 37.5 Å². The molecule has 0 unspecified atom stereocenters. The Kier molecular flexibility index (Phi) is 7.49. The van der Waals surface area contributed by atoms with Gasteiger partial charge in [-0.25, -0.2) is 12.8 Å². The van der Waals surface area contributed by atoms with E-state index in [9.17, 15) is 17.6 Å². The average molecular weight is 499 g/mol. The van der Waals surface area contributed by atoms with Crippen LogP contribution in [0.25, 0.3) is 0 Å². The van der Waals surface area contributed by atoms with Gasteiger partial charge in [-0.2, -0.15) is 4.31 Å². The van der Waals surface area contributed by atoms with Gasteiger partial charge in [0.2, 0.25) is 15.9 Å². The van der Waals surface area contributed by atoms with Gasteiger partial charge >= 0.3 is 0 Å². The van der Waals surface area contributed by atoms with Crippen LogP contribution >= 0.6 is 15.9 Å². The number of hydrogen-bond donors (Lipinski definition) is 1. The highest BCUT2D eigenvalue weighted by molar-refractivity contribution is 9.10. The average Bonchev–Trinajstić information content (AvgIpc) is 2.72. The van der Waals surface area contributed by atoms with Gasteiger partial charge in [0.15, 0.2) is 0 Å². The fourth-order valence-corrected chi connectivity index (χ4v) is 5.45. The van der Waals surface area contributed by atoms with E-state index in [4.69, 9.17) is 4.74 Å². The number of nitrogens with one attached hydrogen (secondary N) is 1. The van der Waals surface area contributed by atoms with E-state index in [1.807, 2.05) is 0 Å². The summed E-state index contributed by atoms with van der Waals surface area (Å²) in [7, 11) is -3.73. The highest BCUT2D eigenvalue weighted by atomic mass is 79.9. The van der Waals surface area contributed by atoms with Gasteiger partial charge < -0.3 is 10.1 Å². The van der Waals surface area contributed by atoms with E-state index in [1.165, 1.54) is 22.5 Å². The first-order valence-corrected chi connectivity index (χ1v) is 12.1. The predicted octanol–water partition coefficient (Wildman–Crippen LogP) is 4.34. The minimum Gasteiger partial charge on any atom is -0.492 e. The molecule has 30 heavy (non-hydrogen) atoms. The van der Waals surface area contributed by atoms with Gasteiger partial charge in [0.1, 0.15) is 16.5 Å². The van der Waals surface area contributed by atoms with Crippen LogP contribution < -0.4 is 10.1 Å². The summed E-state index contributed by atoms with van der Waals surface area (Å²) in [5, 5.41) is 2.72. The summed E-state index contributed by atoms with van der Waals surface area (Å²) < 4.78 is 47.0. The number of benzene rings is 2. The standard InChI is InChI=1S/C21H24BrFN2O4S/c1-2-29-19-9-7-16(14-20(19)30(27,28)25-10-4-3-5-11-25)24-21(26)13-15-6-8-18(23)17(22)12-15/h6-9,12,14H,2-5,10-11,13H2,1H3,(H,24,26). The molecule has 1 fully saturated rings. The number of rotatable bonds is 7. The molecule has 9 heteroatoms. The molecule has 2 aromatic rings. The molecule has 0 bridgehead atoms. The summed E-state index contributed by atoms with van der Waals surface area (Å²) in [5.41, 5.74) is 0.994. The largest absolute Gasteiger partial charge is 0.492 e. The molecule has 1 amide bonds. The van der Waals surface area contributed by atoms with Crippen molar-refractivity contribution in [1.82, 2.24) is 4.31 Å². The van der Waals surface area contributed by atoms with Gasteiger partial charge in [-0.3, -0.25) is 4.79 Å². The van der Waals surface area contributed by atoms with Crippen LogP contribution in [0.2, 0.25) is 0 Å². The smallest absolute Gasteiger partial charge is 0.246 e. The molecule has 0 saturated carbocycles. The van der Waals surface area contributed by atoms with Crippen LogP contribution in [0.1, 0.15) is 31.7 Å². The third-order valence-corrected chi connectivity index (χ3v) is 7.34. The Morgan fingerprint density at radius 3 is 2.57 bits per heavy atom. The molecule has 1 aliphatic heterocycles. The van der Waals surface area contributed by atoms with Gasteiger partial charge in [-0.1, -0.05) is 12.5 Å². The van der Waals surface area contributed by atoms with E-state index >= 15 is 0 Å². The second-order valence-corrected chi connectivity index (χ2v) is 9.79. The van der Waals surface area contributed by atoms with Gasteiger partial charge in [0.25, 0.3) is 0 Å². The Morgan fingerprint density at radius 1 is 1.17 bits per heavy atom. The van der Waals surface area contributed by atoms with Gasteiger partial charge in [0.05, 0.1) is 17.5 Å². The number of carbonyl (C=O) groups excluding carboxylic acids is 1. The summed E-state index contributed by atoms with van der Waals surface area (Å²) in [5.74, 6) is -0.472. The zero-order valence-corrected chi connectivity index (χ0v) is 19.1. The normalized spacial score (nSPS) is 15.0. The maximum absolute atomic E-state index is 13.4. The molecule has 0 aliphatic carbocycles. The van der Waals surface area contributed by atoms with Crippen molar-refractivity contribution in [2.75, 3.05) is 25.0 Å². The zero-order chi connectivity index (χ0) is 21.7. The molecule has 1 saturated heterocycles. The van der Waals surface area contributed by atoms with Gasteiger partial charge in [0, 0.05) is 18.8 Å². The van der Waals surface area contributed by atoms with Crippen molar-refractivity contribution in [3.05, 3.63) is 52.3 Å². The van der Waals surface area contributed by atoms with E-state index in [1.54, 1.807) is 25.1 Å². The molecule has 1 aliphatic rings. The number of hydrogen-bond acceptors (Lipinski definition) is 4. The van der Waals surface area contributed by atoms with E-state index in [0.717, 1.165) is 19.3 Å². The first kappa shape index (κ1) is 22.7. The van der Waals surface area contributed by atoms with Crippen LogP contribution in [0, 0.1) is 5.82 Å². The highest BCUT2D eigenvalue weighted by Crippen LogP contribution is 2.31. The minimum atomic E-state index is -3.73. The summed E-state index contributed by atoms with van der Waals surface area (Å²) in [6, 6.07) is 8.97. The summed E-state index contributed by atoms with van der Waals surface area (Å²) in [6.07, 6.45) is 2.69. The summed E-state index contributed by atoms with van der Waals surface area (Å²) in [6.45, 7) is 3.06. The fourth-order valence-electron chi connectivity index (χ4n) is 3.35. The monoisotopic (exact) mass is 498 g/mol. The lowest BCUT2D eigenvalue weighted by Crippen LogP contribution is -2.35.